The van der Waals surface area contributed by atoms with Gasteiger partial charge in [0.25, 0.3) is 0 Å². The number of hydrogen-bond donors (Lipinski definition) is 3. The number of aromatic amines is 1. The third-order valence-corrected chi connectivity index (χ3v) is 2.50. The van der Waals surface area contributed by atoms with Gasteiger partial charge in [0.05, 0.1) is 5.71 Å². The summed E-state index contributed by atoms with van der Waals surface area (Å²) in [6, 6.07) is 3.03. The van der Waals surface area contributed by atoms with E-state index in [4.69, 9.17) is 5.73 Å². The third kappa shape index (κ3) is 2.95. The smallest absolute Gasteiger partial charge is 0.332 e. The molecule has 0 bridgehead atoms. The average Bonchev–Trinajstić information content (AvgIpc) is 2.79. The van der Waals surface area contributed by atoms with E-state index in [0.717, 1.165) is 11.3 Å². The van der Waals surface area contributed by atoms with Gasteiger partial charge in [-0.3, -0.25) is 4.98 Å². The van der Waals surface area contributed by atoms with Crippen LogP contribution in [0, 0.1) is 6.92 Å². The Bertz CT molecular complexity index is 616. The molecule has 0 aliphatic carbocycles. The number of H-pyrrole nitrogens is 1. The summed E-state index contributed by atoms with van der Waals surface area (Å²) < 4.78 is 0. The normalized spacial score (nSPS) is 11.4. The largest absolute Gasteiger partial charge is 0.350 e. The van der Waals surface area contributed by atoms with Gasteiger partial charge >= 0.3 is 6.03 Å². The lowest BCUT2D eigenvalue weighted by molar-refractivity contribution is 0.249. The maximum absolute atomic E-state index is 10.6. The monoisotopic (exact) mass is 258 g/mol. The van der Waals surface area contributed by atoms with Gasteiger partial charge in [0.2, 0.25) is 0 Å². The number of carbonyl (C=O) groups excluding carboxylic acids is 1. The molecule has 0 radical (unpaired) electrons. The second kappa shape index (κ2) is 5.30. The second-order valence-corrected chi connectivity index (χ2v) is 3.97. The lowest BCUT2D eigenvalue weighted by atomic mass is 10.2. The Kier molecular flexibility index (Phi) is 3.56. The summed E-state index contributed by atoms with van der Waals surface area (Å²) in [7, 11) is 0. The number of primary amides is 1. The molecule has 0 fully saturated rings. The molecule has 0 spiro atoms. The topological polar surface area (TPSA) is 109 Å². The number of aryl methyl sites for hydroxylation is 1. The molecule has 7 nitrogen and oxygen atoms in total. The predicted molar refractivity (Wildman–Crippen MR) is 71.5 cm³/mol. The van der Waals surface area contributed by atoms with Crippen LogP contribution < -0.4 is 11.2 Å². The molecule has 7 heteroatoms. The fourth-order valence-corrected chi connectivity index (χ4v) is 1.64. The van der Waals surface area contributed by atoms with Crippen molar-refractivity contribution in [1.82, 2.24) is 20.4 Å². The SMILES string of the molecule is C/C(=N/NC(N)=O)c1nc(-c2cccnc2)[nH]c1C. The number of amides is 2. The van der Waals surface area contributed by atoms with Crippen LogP contribution in [0.3, 0.4) is 0 Å². The van der Waals surface area contributed by atoms with E-state index in [2.05, 4.69) is 25.5 Å². The van der Waals surface area contributed by atoms with Crippen molar-refractivity contribution in [3.05, 3.63) is 35.9 Å². The van der Waals surface area contributed by atoms with Crippen molar-refractivity contribution >= 4 is 11.7 Å². The maximum Gasteiger partial charge on any atom is 0.332 e. The number of aromatic nitrogens is 3. The first-order valence-corrected chi connectivity index (χ1v) is 5.65. The number of rotatable bonds is 3. The van der Waals surface area contributed by atoms with Gasteiger partial charge in [-0.1, -0.05) is 0 Å². The molecular formula is C12H14N6O. The van der Waals surface area contributed by atoms with Crippen molar-refractivity contribution in [2.45, 2.75) is 13.8 Å². The van der Waals surface area contributed by atoms with Gasteiger partial charge in [-0.05, 0) is 26.0 Å². The Morgan fingerprint density at radius 3 is 2.95 bits per heavy atom. The first-order valence-electron chi connectivity index (χ1n) is 5.65. The van der Waals surface area contributed by atoms with Crippen LogP contribution in [-0.4, -0.2) is 26.7 Å². The molecule has 0 saturated heterocycles. The highest BCUT2D eigenvalue weighted by atomic mass is 16.2. The zero-order valence-electron chi connectivity index (χ0n) is 10.6. The highest BCUT2D eigenvalue weighted by molar-refractivity contribution is 5.98. The lowest BCUT2D eigenvalue weighted by Gasteiger charge is -1.97. The van der Waals surface area contributed by atoms with Crippen LogP contribution in [0.4, 0.5) is 4.79 Å². The van der Waals surface area contributed by atoms with Crippen molar-refractivity contribution in [1.29, 1.82) is 0 Å². The number of pyridine rings is 1. The minimum atomic E-state index is -0.708. The summed E-state index contributed by atoms with van der Waals surface area (Å²) >= 11 is 0. The summed E-state index contributed by atoms with van der Waals surface area (Å²) in [5, 5.41) is 3.86. The van der Waals surface area contributed by atoms with Gasteiger partial charge in [0.15, 0.2) is 0 Å². The Balaban J connectivity index is 2.32. The van der Waals surface area contributed by atoms with Gasteiger partial charge in [0, 0.05) is 23.7 Å². The van der Waals surface area contributed by atoms with Crippen LogP contribution in [0.15, 0.2) is 29.6 Å². The Hall–Kier alpha value is -2.70. The average molecular weight is 258 g/mol. The second-order valence-electron chi connectivity index (χ2n) is 3.97. The number of nitrogens with zero attached hydrogens (tertiary/aromatic N) is 3. The van der Waals surface area contributed by atoms with Crippen LogP contribution >= 0.6 is 0 Å². The van der Waals surface area contributed by atoms with Crippen molar-refractivity contribution in [3.63, 3.8) is 0 Å². The molecule has 0 aliphatic rings. The third-order valence-electron chi connectivity index (χ3n) is 2.50. The summed E-state index contributed by atoms with van der Waals surface area (Å²) in [6.45, 7) is 3.62. The van der Waals surface area contributed by atoms with E-state index < -0.39 is 6.03 Å². The number of hydrazone groups is 1. The van der Waals surface area contributed by atoms with E-state index in [0.29, 0.717) is 17.2 Å². The molecule has 2 amide bonds. The van der Waals surface area contributed by atoms with E-state index in [1.807, 2.05) is 19.1 Å². The minimum Gasteiger partial charge on any atom is -0.350 e. The van der Waals surface area contributed by atoms with E-state index >= 15 is 0 Å². The molecular weight excluding hydrogens is 244 g/mol. The molecule has 98 valence electrons. The molecule has 0 saturated carbocycles. The van der Waals surface area contributed by atoms with Gasteiger partial charge in [-0.15, -0.1) is 0 Å². The van der Waals surface area contributed by atoms with Crippen molar-refractivity contribution < 1.29 is 4.79 Å². The molecule has 19 heavy (non-hydrogen) atoms. The quantitative estimate of drug-likeness (QED) is 0.567. The summed E-state index contributed by atoms with van der Waals surface area (Å²) in [6.07, 6.45) is 3.42. The predicted octanol–water partition coefficient (Wildman–Crippen LogP) is 1.17. The van der Waals surface area contributed by atoms with Crippen molar-refractivity contribution in [3.8, 4) is 11.4 Å². The van der Waals surface area contributed by atoms with Crippen LogP contribution in [0.1, 0.15) is 18.3 Å². The summed E-state index contributed by atoms with van der Waals surface area (Å²) in [4.78, 5) is 22.2. The van der Waals surface area contributed by atoms with Crippen LogP contribution in [0.2, 0.25) is 0 Å². The van der Waals surface area contributed by atoms with Gasteiger partial charge < -0.3 is 10.7 Å². The molecule has 2 heterocycles. The minimum absolute atomic E-state index is 0.572. The molecule has 4 N–H and O–H groups in total. The van der Waals surface area contributed by atoms with Crippen molar-refractivity contribution in [2.24, 2.45) is 10.8 Å². The van der Waals surface area contributed by atoms with Gasteiger partial charge in [-0.2, -0.15) is 5.10 Å². The van der Waals surface area contributed by atoms with E-state index in [9.17, 15) is 4.79 Å². The van der Waals surface area contributed by atoms with E-state index in [1.54, 1.807) is 19.3 Å². The fraction of sp³-hybridized carbons (Fsp3) is 0.167. The highest BCUT2D eigenvalue weighted by Crippen LogP contribution is 2.17. The van der Waals surface area contributed by atoms with E-state index in [-0.39, 0.29) is 0 Å². The van der Waals surface area contributed by atoms with Gasteiger partial charge in [0.1, 0.15) is 11.5 Å². The standard InChI is InChI=1S/C12H14N6O/c1-7-10(8(2)17-18-12(13)19)16-11(15-7)9-4-3-5-14-6-9/h3-6H,1-2H3,(H,15,16)(H3,13,18,19)/b17-8-. The van der Waals surface area contributed by atoms with Crippen LogP contribution in [-0.2, 0) is 0 Å². The van der Waals surface area contributed by atoms with Crippen LogP contribution in [0.25, 0.3) is 11.4 Å². The Labute approximate surface area is 110 Å². The molecule has 0 unspecified atom stereocenters. The number of urea groups is 1. The summed E-state index contributed by atoms with van der Waals surface area (Å²) in [5.41, 5.74) is 10.1. The zero-order valence-corrected chi connectivity index (χ0v) is 10.6. The first kappa shape index (κ1) is 12.7. The van der Waals surface area contributed by atoms with E-state index in [1.165, 1.54) is 0 Å². The Morgan fingerprint density at radius 1 is 1.53 bits per heavy atom. The highest BCUT2D eigenvalue weighted by Gasteiger charge is 2.11. The zero-order chi connectivity index (χ0) is 13.8. The molecule has 0 atom stereocenters. The molecule has 0 aliphatic heterocycles. The Morgan fingerprint density at radius 2 is 2.32 bits per heavy atom. The van der Waals surface area contributed by atoms with Gasteiger partial charge in [-0.25, -0.2) is 15.2 Å². The lowest BCUT2D eigenvalue weighted by Crippen LogP contribution is -2.25. The molecule has 2 aromatic rings. The van der Waals surface area contributed by atoms with Crippen molar-refractivity contribution in [2.75, 3.05) is 0 Å². The number of carbonyl (C=O) groups is 1. The number of nitrogens with two attached hydrogens (primary N) is 1. The number of hydrogen-bond acceptors (Lipinski definition) is 4. The summed E-state index contributed by atoms with van der Waals surface area (Å²) in [5.74, 6) is 0.703. The van der Waals surface area contributed by atoms with Crippen LogP contribution in [0.5, 0.6) is 0 Å². The number of nitrogens with one attached hydrogen (secondary N) is 2. The first-order chi connectivity index (χ1) is 9.08. The molecule has 0 aromatic carbocycles. The number of imidazole rings is 1. The fourth-order valence-electron chi connectivity index (χ4n) is 1.64. The maximum atomic E-state index is 10.6. The molecule has 2 rings (SSSR count). The molecule has 2 aromatic heterocycles.